The summed E-state index contributed by atoms with van der Waals surface area (Å²) in [6.07, 6.45) is 0. The largest absolute Gasteiger partial charge is 0.112 e. The summed E-state index contributed by atoms with van der Waals surface area (Å²) in [5.74, 6) is 1.85. The van der Waals surface area contributed by atoms with Crippen molar-refractivity contribution in [3.63, 3.8) is 0 Å². The Morgan fingerprint density at radius 2 is 1.05 bits per heavy atom. The molecule has 0 radical (unpaired) electrons. The van der Waals surface area contributed by atoms with Gasteiger partial charge in [-0.3, -0.25) is 0 Å². The summed E-state index contributed by atoms with van der Waals surface area (Å²) in [6.45, 7) is 0. The van der Waals surface area contributed by atoms with Crippen molar-refractivity contribution in [1.82, 2.24) is 0 Å². The van der Waals surface area contributed by atoms with Gasteiger partial charge >= 0.3 is 0 Å². The molecule has 22 heavy (non-hydrogen) atoms. The van der Waals surface area contributed by atoms with Crippen LogP contribution in [0.2, 0.25) is 0 Å². The van der Waals surface area contributed by atoms with E-state index in [0.29, 0.717) is 0 Å². The normalized spacial score (nSPS) is 12.2. The standard InChI is InChI=1S/C16H12Br4S2/c17-13-7-3-1-5-11(13)9-21-15(19)16(20)22-10-12-6-2-4-8-14(12)18/h1-8H,9-10H2/b16-15+. The van der Waals surface area contributed by atoms with E-state index >= 15 is 0 Å². The molecule has 0 atom stereocenters. The molecule has 0 fully saturated rings. The second kappa shape index (κ2) is 9.94. The summed E-state index contributed by atoms with van der Waals surface area (Å²) in [4.78, 5) is 0. The van der Waals surface area contributed by atoms with Gasteiger partial charge in [-0.25, -0.2) is 0 Å². The fourth-order valence-corrected chi connectivity index (χ4v) is 5.87. The highest BCUT2D eigenvalue weighted by Gasteiger charge is 2.07. The van der Waals surface area contributed by atoms with Crippen molar-refractivity contribution in [2.24, 2.45) is 0 Å². The van der Waals surface area contributed by atoms with Gasteiger partial charge in [-0.05, 0) is 55.1 Å². The van der Waals surface area contributed by atoms with Gasteiger partial charge in [-0.1, -0.05) is 68.3 Å². The van der Waals surface area contributed by atoms with Crippen molar-refractivity contribution >= 4 is 87.2 Å². The maximum Gasteiger partial charge on any atom is 0.0713 e. The van der Waals surface area contributed by atoms with Crippen molar-refractivity contribution in [1.29, 1.82) is 0 Å². The molecule has 116 valence electrons. The molecule has 6 heteroatoms. The number of hydrogen-bond donors (Lipinski definition) is 0. The van der Waals surface area contributed by atoms with E-state index in [4.69, 9.17) is 0 Å². The zero-order chi connectivity index (χ0) is 15.9. The van der Waals surface area contributed by atoms with Crippen LogP contribution in [0.15, 0.2) is 65.1 Å². The molecule has 2 aromatic carbocycles. The minimum absolute atomic E-state index is 0.923. The third-order valence-corrected chi connectivity index (χ3v) is 9.50. The first-order chi connectivity index (χ1) is 10.6. The summed E-state index contributed by atoms with van der Waals surface area (Å²) in [5, 5.41) is 0. The molecular weight excluding hydrogens is 576 g/mol. The first-order valence-corrected chi connectivity index (χ1v) is 11.5. The van der Waals surface area contributed by atoms with Gasteiger partial charge < -0.3 is 0 Å². The molecule has 0 aromatic heterocycles. The van der Waals surface area contributed by atoms with Crippen LogP contribution in [0, 0.1) is 0 Å². The predicted octanol–water partition coefficient (Wildman–Crippen LogP) is 8.29. The van der Waals surface area contributed by atoms with Crippen molar-refractivity contribution in [2.75, 3.05) is 0 Å². The highest BCUT2D eigenvalue weighted by Crippen LogP contribution is 2.40. The number of hydrogen-bond acceptors (Lipinski definition) is 2. The van der Waals surface area contributed by atoms with Crippen LogP contribution < -0.4 is 0 Å². The maximum absolute atomic E-state index is 3.67. The zero-order valence-electron chi connectivity index (χ0n) is 11.4. The van der Waals surface area contributed by atoms with Gasteiger partial charge in [-0.2, -0.15) is 0 Å². The van der Waals surface area contributed by atoms with Gasteiger partial charge in [0.1, 0.15) is 0 Å². The maximum atomic E-state index is 3.67. The summed E-state index contributed by atoms with van der Waals surface area (Å²) < 4.78 is 4.56. The Labute approximate surface area is 173 Å². The van der Waals surface area contributed by atoms with Gasteiger partial charge in [0.05, 0.1) is 7.63 Å². The van der Waals surface area contributed by atoms with Gasteiger partial charge in [0, 0.05) is 20.5 Å². The summed E-state index contributed by atoms with van der Waals surface area (Å²) in [7, 11) is 0. The number of benzene rings is 2. The van der Waals surface area contributed by atoms with Crippen LogP contribution in [0.5, 0.6) is 0 Å². The van der Waals surface area contributed by atoms with Gasteiger partial charge in [0.2, 0.25) is 0 Å². The lowest BCUT2D eigenvalue weighted by molar-refractivity contribution is 1.38. The first kappa shape index (κ1) is 19.1. The zero-order valence-corrected chi connectivity index (χ0v) is 19.3. The lowest BCUT2D eigenvalue weighted by Crippen LogP contribution is -1.83. The van der Waals surface area contributed by atoms with Crippen molar-refractivity contribution in [2.45, 2.75) is 11.5 Å². The molecule has 0 amide bonds. The summed E-state index contributed by atoms with van der Waals surface area (Å²) in [6, 6.07) is 16.6. The smallest absolute Gasteiger partial charge is 0.0713 e. The molecular formula is C16H12Br4S2. The number of rotatable bonds is 6. The van der Waals surface area contributed by atoms with E-state index in [1.54, 1.807) is 23.5 Å². The average molecular weight is 588 g/mol. The van der Waals surface area contributed by atoms with Crippen molar-refractivity contribution in [3.05, 3.63) is 76.2 Å². The average Bonchev–Trinajstić information content (AvgIpc) is 2.52. The van der Waals surface area contributed by atoms with Gasteiger partial charge in [-0.15, -0.1) is 23.5 Å². The van der Waals surface area contributed by atoms with E-state index in [-0.39, 0.29) is 0 Å². The fourth-order valence-electron chi connectivity index (χ4n) is 1.63. The molecule has 0 nitrogen and oxygen atoms in total. The third kappa shape index (κ3) is 6.02. The van der Waals surface area contributed by atoms with Crippen LogP contribution in [0.4, 0.5) is 0 Å². The van der Waals surface area contributed by atoms with Crippen LogP contribution in [0.25, 0.3) is 0 Å². The van der Waals surface area contributed by atoms with E-state index in [1.165, 1.54) is 11.1 Å². The van der Waals surface area contributed by atoms with E-state index in [1.807, 2.05) is 12.1 Å². The highest BCUT2D eigenvalue weighted by molar-refractivity contribution is 9.17. The topological polar surface area (TPSA) is 0 Å². The monoisotopic (exact) mass is 584 g/mol. The van der Waals surface area contributed by atoms with Crippen molar-refractivity contribution in [3.8, 4) is 0 Å². The lowest BCUT2D eigenvalue weighted by Gasteiger charge is -2.07. The lowest BCUT2D eigenvalue weighted by atomic mass is 10.2. The molecule has 0 aliphatic carbocycles. The van der Waals surface area contributed by atoms with E-state index in [2.05, 4.69) is 100 Å². The van der Waals surface area contributed by atoms with E-state index < -0.39 is 0 Å². The minimum Gasteiger partial charge on any atom is -0.112 e. The Hall–Kier alpha value is 0.800. The summed E-state index contributed by atoms with van der Waals surface area (Å²) in [5.41, 5.74) is 2.58. The molecule has 0 N–H and O–H groups in total. The number of thioether (sulfide) groups is 2. The van der Waals surface area contributed by atoms with Gasteiger partial charge in [0.25, 0.3) is 0 Å². The number of halogens is 4. The van der Waals surface area contributed by atoms with Crippen LogP contribution in [0.3, 0.4) is 0 Å². The fraction of sp³-hybridized carbons (Fsp3) is 0.125. The molecule has 0 aliphatic heterocycles. The molecule has 0 saturated carbocycles. The quantitative estimate of drug-likeness (QED) is 0.333. The van der Waals surface area contributed by atoms with Crippen LogP contribution >= 0.6 is 87.2 Å². The molecule has 0 heterocycles. The molecule has 0 bridgehead atoms. The third-order valence-electron chi connectivity index (χ3n) is 2.78. The SMILES string of the molecule is Br/C(SCc1ccccc1Br)=C(/Br)SCc1ccccc1Br. The van der Waals surface area contributed by atoms with E-state index in [0.717, 1.165) is 28.1 Å². The molecule has 0 spiro atoms. The highest BCUT2D eigenvalue weighted by atomic mass is 79.9. The Morgan fingerprint density at radius 3 is 1.41 bits per heavy atom. The molecule has 0 saturated heterocycles. The Bertz CT molecular complexity index is 613. The Kier molecular flexibility index (Phi) is 8.64. The van der Waals surface area contributed by atoms with Crippen molar-refractivity contribution < 1.29 is 0 Å². The van der Waals surface area contributed by atoms with E-state index in [9.17, 15) is 0 Å². The summed E-state index contributed by atoms with van der Waals surface area (Å²) >= 11 is 18.1. The molecule has 2 aromatic rings. The predicted molar refractivity (Wildman–Crippen MR) is 116 cm³/mol. The first-order valence-electron chi connectivity index (χ1n) is 6.35. The molecule has 0 aliphatic rings. The second-order valence-corrected chi connectivity index (χ2v) is 10.6. The Balaban J connectivity index is 1.92. The molecule has 2 rings (SSSR count). The minimum atomic E-state index is 0.923. The Morgan fingerprint density at radius 1 is 0.682 bits per heavy atom. The van der Waals surface area contributed by atoms with Crippen LogP contribution in [0.1, 0.15) is 11.1 Å². The van der Waals surface area contributed by atoms with Crippen LogP contribution in [-0.4, -0.2) is 0 Å². The second-order valence-electron chi connectivity index (χ2n) is 4.31. The molecule has 0 unspecified atom stereocenters. The van der Waals surface area contributed by atoms with Crippen LogP contribution in [-0.2, 0) is 11.5 Å². The van der Waals surface area contributed by atoms with Gasteiger partial charge in [0.15, 0.2) is 0 Å².